The van der Waals surface area contributed by atoms with E-state index in [1.54, 1.807) is 39.5 Å². The average Bonchev–Trinajstić information content (AvgIpc) is 3.07. The van der Waals surface area contributed by atoms with Gasteiger partial charge in [0.2, 0.25) is 0 Å². The summed E-state index contributed by atoms with van der Waals surface area (Å²) in [7, 11) is 4.74. The molecule has 0 radical (unpaired) electrons. The number of amides is 1. The summed E-state index contributed by atoms with van der Waals surface area (Å²) in [6.45, 7) is 0.412. The quantitative estimate of drug-likeness (QED) is 0.873. The maximum absolute atomic E-state index is 12.4. The van der Waals surface area contributed by atoms with Crippen molar-refractivity contribution in [3.63, 3.8) is 0 Å². The van der Waals surface area contributed by atoms with Crippen LogP contribution in [0.2, 0.25) is 0 Å². The minimum Gasteiger partial charge on any atom is -0.497 e. The van der Waals surface area contributed by atoms with Crippen molar-refractivity contribution in [2.45, 2.75) is 12.5 Å². The van der Waals surface area contributed by atoms with Gasteiger partial charge in [0, 0.05) is 23.6 Å². The number of carbonyl (C=O) groups is 1. The molecule has 0 aromatic heterocycles. The number of fused-ring (bicyclic) bond motifs is 1. The van der Waals surface area contributed by atoms with Gasteiger partial charge in [-0.1, -0.05) is 0 Å². The van der Waals surface area contributed by atoms with Crippen molar-refractivity contribution >= 4 is 5.91 Å². The van der Waals surface area contributed by atoms with E-state index in [4.69, 9.17) is 18.9 Å². The molecular formula is C19H21NO5. The maximum Gasteiger partial charge on any atom is 0.251 e. The molecule has 1 atom stereocenters. The Bertz CT molecular complexity index is 752. The fourth-order valence-electron chi connectivity index (χ4n) is 2.78. The molecule has 3 rings (SSSR count). The first-order chi connectivity index (χ1) is 12.1. The molecule has 0 fully saturated rings. The summed E-state index contributed by atoms with van der Waals surface area (Å²) >= 11 is 0. The molecule has 1 N–H and O–H groups in total. The van der Waals surface area contributed by atoms with Crippen molar-refractivity contribution in [2.75, 3.05) is 27.9 Å². The number of hydrogen-bond acceptors (Lipinski definition) is 5. The zero-order chi connectivity index (χ0) is 17.8. The maximum atomic E-state index is 12.4. The highest BCUT2D eigenvalue weighted by molar-refractivity contribution is 5.95. The van der Waals surface area contributed by atoms with E-state index in [1.807, 2.05) is 18.2 Å². The lowest BCUT2D eigenvalue weighted by molar-refractivity contribution is 0.0933. The van der Waals surface area contributed by atoms with E-state index in [-0.39, 0.29) is 12.0 Å². The molecule has 0 saturated heterocycles. The second-order valence-corrected chi connectivity index (χ2v) is 5.73. The number of benzene rings is 2. The second kappa shape index (κ2) is 7.34. The summed E-state index contributed by atoms with van der Waals surface area (Å²) in [6, 6.07) is 10.8. The average molecular weight is 343 g/mol. The number of nitrogens with one attached hydrogen (secondary N) is 1. The van der Waals surface area contributed by atoms with Gasteiger partial charge in [0.1, 0.15) is 29.1 Å². The molecule has 6 nitrogen and oxygen atoms in total. The van der Waals surface area contributed by atoms with Crippen molar-refractivity contribution in [1.29, 1.82) is 0 Å². The minimum atomic E-state index is -0.200. The van der Waals surface area contributed by atoms with Gasteiger partial charge in [-0.2, -0.15) is 0 Å². The van der Waals surface area contributed by atoms with Gasteiger partial charge >= 0.3 is 0 Å². The van der Waals surface area contributed by atoms with Crippen molar-refractivity contribution < 1.29 is 23.7 Å². The Hall–Kier alpha value is -2.89. The predicted octanol–water partition coefficient (Wildman–Crippen LogP) is 2.45. The zero-order valence-corrected chi connectivity index (χ0v) is 14.5. The molecule has 0 bridgehead atoms. The summed E-state index contributed by atoms with van der Waals surface area (Å²) in [5.41, 5.74) is 1.56. The molecular weight excluding hydrogens is 322 g/mol. The smallest absolute Gasteiger partial charge is 0.251 e. The predicted molar refractivity (Wildman–Crippen MR) is 93.0 cm³/mol. The van der Waals surface area contributed by atoms with E-state index >= 15 is 0 Å². The molecule has 1 aliphatic heterocycles. The molecule has 1 heterocycles. The Morgan fingerprint density at radius 2 is 1.72 bits per heavy atom. The third kappa shape index (κ3) is 3.79. The molecule has 0 saturated carbocycles. The van der Waals surface area contributed by atoms with Gasteiger partial charge in [-0.05, 0) is 30.3 Å². The minimum absolute atomic E-state index is 0.0986. The third-order valence-corrected chi connectivity index (χ3v) is 4.11. The second-order valence-electron chi connectivity index (χ2n) is 5.73. The van der Waals surface area contributed by atoms with Crippen LogP contribution in [0.1, 0.15) is 15.9 Å². The Labute approximate surface area is 146 Å². The summed E-state index contributed by atoms with van der Waals surface area (Å²) in [5.74, 6) is 2.58. The van der Waals surface area contributed by atoms with Gasteiger partial charge < -0.3 is 24.3 Å². The van der Waals surface area contributed by atoms with Crippen molar-refractivity contribution in [2.24, 2.45) is 0 Å². The highest BCUT2D eigenvalue weighted by Gasteiger charge is 2.24. The number of carbonyl (C=O) groups excluding carboxylic acids is 1. The Morgan fingerprint density at radius 1 is 1.04 bits per heavy atom. The molecule has 6 heteroatoms. The molecule has 2 aromatic carbocycles. The Morgan fingerprint density at radius 3 is 2.36 bits per heavy atom. The molecule has 132 valence electrons. The third-order valence-electron chi connectivity index (χ3n) is 4.11. The SMILES string of the molecule is COc1cc(OC)cc(C(=O)NC[C@@H]2Cc3cc(OC)ccc3O2)c1. The largest absolute Gasteiger partial charge is 0.497 e. The number of rotatable bonds is 6. The summed E-state index contributed by atoms with van der Waals surface area (Å²) < 4.78 is 21.5. The first kappa shape index (κ1) is 17.0. The molecule has 0 aliphatic carbocycles. The molecule has 1 aliphatic rings. The van der Waals surface area contributed by atoms with E-state index in [0.717, 1.165) is 23.5 Å². The van der Waals surface area contributed by atoms with Crippen LogP contribution in [0.25, 0.3) is 0 Å². The Balaban J connectivity index is 1.62. The van der Waals surface area contributed by atoms with Crippen molar-refractivity contribution in [1.82, 2.24) is 5.32 Å². The highest BCUT2D eigenvalue weighted by Crippen LogP contribution is 2.31. The summed E-state index contributed by atoms with van der Waals surface area (Å²) in [4.78, 5) is 12.4. The van der Waals surface area contributed by atoms with Crippen LogP contribution in [0.15, 0.2) is 36.4 Å². The van der Waals surface area contributed by atoms with Crippen molar-refractivity contribution in [3.05, 3.63) is 47.5 Å². The van der Waals surface area contributed by atoms with Crippen LogP contribution < -0.4 is 24.3 Å². The number of methoxy groups -OCH3 is 3. The lowest BCUT2D eigenvalue weighted by atomic mass is 10.1. The fraction of sp³-hybridized carbons (Fsp3) is 0.316. The van der Waals surface area contributed by atoms with Crippen LogP contribution in [0, 0.1) is 0 Å². The van der Waals surface area contributed by atoms with Crippen LogP contribution in [-0.2, 0) is 6.42 Å². The number of ether oxygens (including phenoxy) is 4. The monoisotopic (exact) mass is 343 g/mol. The molecule has 1 amide bonds. The molecule has 0 spiro atoms. The number of hydrogen-bond donors (Lipinski definition) is 1. The normalized spacial score (nSPS) is 15.1. The van der Waals surface area contributed by atoms with Crippen LogP contribution >= 0.6 is 0 Å². The molecule has 0 unspecified atom stereocenters. The molecule has 2 aromatic rings. The first-order valence-electron chi connectivity index (χ1n) is 7.97. The molecule has 25 heavy (non-hydrogen) atoms. The van der Waals surface area contributed by atoms with E-state index in [9.17, 15) is 4.79 Å². The zero-order valence-electron chi connectivity index (χ0n) is 14.5. The van der Waals surface area contributed by atoms with Crippen molar-refractivity contribution in [3.8, 4) is 23.0 Å². The van der Waals surface area contributed by atoms with E-state index in [1.165, 1.54) is 0 Å². The van der Waals surface area contributed by atoms with Gasteiger partial charge in [-0.15, -0.1) is 0 Å². The van der Waals surface area contributed by atoms with E-state index < -0.39 is 0 Å². The van der Waals surface area contributed by atoms with Crippen LogP contribution in [0.5, 0.6) is 23.0 Å². The van der Waals surface area contributed by atoms with Crippen LogP contribution in [-0.4, -0.2) is 39.9 Å². The lowest BCUT2D eigenvalue weighted by Crippen LogP contribution is -2.34. The first-order valence-corrected chi connectivity index (χ1v) is 7.97. The van der Waals surface area contributed by atoms with Crippen LogP contribution in [0.4, 0.5) is 0 Å². The Kier molecular flexibility index (Phi) is 4.97. The van der Waals surface area contributed by atoms with E-state index in [2.05, 4.69) is 5.32 Å². The van der Waals surface area contributed by atoms with E-state index in [0.29, 0.717) is 23.6 Å². The fourth-order valence-corrected chi connectivity index (χ4v) is 2.78. The highest BCUT2D eigenvalue weighted by atomic mass is 16.5. The van der Waals surface area contributed by atoms with Gasteiger partial charge in [0.05, 0.1) is 27.9 Å². The summed E-state index contributed by atoms with van der Waals surface area (Å²) in [6.07, 6.45) is 0.632. The topological polar surface area (TPSA) is 66.0 Å². The lowest BCUT2D eigenvalue weighted by Gasteiger charge is -2.13. The van der Waals surface area contributed by atoms with Crippen LogP contribution in [0.3, 0.4) is 0 Å². The standard InChI is InChI=1S/C19H21NO5/c1-22-14-4-5-18-12(6-14)7-17(25-18)11-20-19(21)13-8-15(23-2)10-16(9-13)24-3/h4-6,8-10,17H,7,11H2,1-3H3,(H,20,21)/t17-/m0/s1. The van der Waals surface area contributed by atoms with Gasteiger partial charge in [0.15, 0.2) is 0 Å². The summed E-state index contributed by atoms with van der Waals surface area (Å²) in [5, 5.41) is 2.90. The van der Waals surface area contributed by atoms with Gasteiger partial charge in [-0.25, -0.2) is 0 Å². The van der Waals surface area contributed by atoms with Gasteiger partial charge in [-0.3, -0.25) is 4.79 Å². The van der Waals surface area contributed by atoms with Gasteiger partial charge in [0.25, 0.3) is 5.91 Å².